The lowest BCUT2D eigenvalue weighted by Gasteiger charge is -2.17. The zero-order valence-corrected chi connectivity index (χ0v) is 15.1. The summed E-state index contributed by atoms with van der Waals surface area (Å²) < 4.78 is 0.771. The van der Waals surface area contributed by atoms with Gasteiger partial charge in [0.15, 0.2) is 5.13 Å². The summed E-state index contributed by atoms with van der Waals surface area (Å²) in [6.07, 6.45) is 0.738. The van der Waals surface area contributed by atoms with Gasteiger partial charge in [-0.2, -0.15) is 0 Å². The first-order chi connectivity index (χ1) is 12.3. The Hall–Kier alpha value is -2.85. The molecule has 138 valence electrons. The topological polar surface area (TPSA) is 134 Å². The van der Waals surface area contributed by atoms with Crippen molar-refractivity contribution in [2.75, 3.05) is 25.5 Å². The number of hydrogen-bond acceptors (Lipinski definition) is 7. The lowest BCUT2D eigenvalue weighted by molar-refractivity contribution is -0.134. The Kier molecular flexibility index (Phi) is 6.36. The summed E-state index contributed by atoms with van der Waals surface area (Å²) in [7, 11) is 1.45. The fourth-order valence-corrected chi connectivity index (χ4v) is 2.92. The van der Waals surface area contributed by atoms with Gasteiger partial charge in [-0.15, -0.1) is 0 Å². The van der Waals surface area contributed by atoms with Gasteiger partial charge in [0.05, 0.1) is 29.3 Å². The number of nitrogens with two attached hydrogens (primary N) is 1. The van der Waals surface area contributed by atoms with Crippen LogP contribution in [-0.4, -0.2) is 60.1 Å². The Balaban J connectivity index is 1.90. The molecule has 0 spiro atoms. The summed E-state index contributed by atoms with van der Waals surface area (Å²) in [5.41, 5.74) is 6.58. The molecular weight excluding hydrogens is 358 g/mol. The average molecular weight is 377 g/mol. The van der Waals surface area contributed by atoms with Crippen molar-refractivity contribution in [3.63, 3.8) is 0 Å². The smallest absolute Gasteiger partial charge is 0.245 e. The number of likely N-dealkylation sites (N-methyl/N-ethyl adjacent to an activating group) is 1. The molecule has 0 bridgehead atoms. The standard InChI is InChI=1S/C16H19N5O4S/c1-9(17)15(25)18-6-14(24)21(2)7-13(23)20-16-19-11-4-3-10(8-22)5-12(11)26-16/h3-5,8-9H,6-7,17H2,1-2H3,(H,18,25)(H,19,20,23). The number of anilines is 1. The minimum absolute atomic E-state index is 0.192. The molecule has 0 saturated heterocycles. The predicted octanol–water partition coefficient (Wildman–Crippen LogP) is -0.0309. The van der Waals surface area contributed by atoms with E-state index in [1.165, 1.54) is 30.2 Å². The lowest BCUT2D eigenvalue weighted by Crippen LogP contribution is -2.45. The van der Waals surface area contributed by atoms with Crippen molar-refractivity contribution in [3.8, 4) is 0 Å². The van der Waals surface area contributed by atoms with Crippen LogP contribution < -0.4 is 16.4 Å². The first-order valence-corrected chi connectivity index (χ1v) is 8.54. The fraction of sp³-hybridized carbons (Fsp3) is 0.312. The van der Waals surface area contributed by atoms with Crippen LogP contribution >= 0.6 is 11.3 Å². The van der Waals surface area contributed by atoms with Gasteiger partial charge in [0.25, 0.3) is 0 Å². The van der Waals surface area contributed by atoms with Crippen molar-refractivity contribution in [2.24, 2.45) is 5.73 Å². The van der Waals surface area contributed by atoms with Crippen LogP contribution in [0.15, 0.2) is 18.2 Å². The van der Waals surface area contributed by atoms with E-state index in [0.29, 0.717) is 16.2 Å². The second-order valence-electron chi connectivity index (χ2n) is 5.67. The highest BCUT2D eigenvalue weighted by Crippen LogP contribution is 2.26. The Morgan fingerprint density at radius 2 is 2.12 bits per heavy atom. The van der Waals surface area contributed by atoms with Crippen LogP contribution in [0, 0.1) is 0 Å². The van der Waals surface area contributed by atoms with E-state index in [9.17, 15) is 19.2 Å². The molecule has 9 nitrogen and oxygen atoms in total. The van der Waals surface area contributed by atoms with E-state index in [1.54, 1.807) is 18.2 Å². The van der Waals surface area contributed by atoms with Gasteiger partial charge in [-0.05, 0) is 25.1 Å². The van der Waals surface area contributed by atoms with Gasteiger partial charge < -0.3 is 21.3 Å². The van der Waals surface area contributed by atoms with Crippen molar-refractivity contribution >= 4 is 50.7 Å². The molecule has 1 heterocycles. The number of aromatic nitrogens is 1. The van der Waals surface area contributed by atoms with Crippen molar-refractivity contribution in [1.29, 1.82) is 0 Å². The minimum Gasteiger partial charge on any atom is -0.346 e. The highest BCUT2D eigenvalue weighted by atomic mass is 32.1. The molecule has 0 fully saturated rings. The van der Waals surface area contributed by atoms with Crippen molar-refractivity contribution < 1.29 is 19.2 Å². The van der Waals surface area contributed by atoms with E-state index >= 15 is 0 Å². The van der Waals surface area contributed by atoms with Crippen LogP contribution in [0.25, 0.3) is 10.2 Å². The van der Waals surface area contributed by atoms with Crippen molar-refractivity contribution in [3.05, 3.63) is 23.8 Å². The number of nitrogens with zero attached hydrogens (tertiary/aromatic N) is 2. The summed E-state index contributed by atoms with van der Waals surface area (Å²) >= 11 is 1.23. The normalized spacial score (nSPS) is 11.7. The molecule has 10 heteroatoms. The van der Waals surface area contributed by atoms with E-state index < -0.39 is 23.8 Å². The first kappa shape index (κ1) is 19.5. The molecule has 2 rings (SSSR count). The molecule has 4 N–H and O–H groups in total. The summed E-state index contributed by atoms with van der Waals surface area (Å²) in [5, 5.41) is 5.38. The van der Waals surface area contributed by atoms with Gasteiger partial charge in [0.1, 0.15) is 6.29 Å². The van der Waals surface area contributed by atoms with Gasteiger partial charge >= 0.3 is 0 Å². The van der Waals surface area contributed by atoms with Gasteiger partial charge in [-0.1, -0.05) is 11.3 Å². The van der Waals surface area contributed by atoms with Crippen molar-refractivity contribution in [2.45, 2.75) is 13.0 Å². The third-order valence-corrected chi connectivity index (χ3v) is 4.36. The number of rotatable bonds is 7. The number of nitrogens with one attached hydrogen (secondary N) is 2. The van der Waals surface area contributed by atoms with Crippen molar-refractivity contribution in [1.82, 2.24) is 15.2 Å². The maximum atomic E-state index is 12.1. The molecule has 0 aliphatic rings. The number of fused-ring (bicyclic) bond motifs is 1. The fourth-order valence-electron chi connectivity index (χ4n) is 1.99. The Morgan fingerprint density at radius 3 is 2.77 bits per heavy atom. The lowest BCUT2D eigenvalue weighted by atomic mass is 10.2. The van der Waals surface area contributed by atoms with Crippen LogP contribution in [0.1, 0.15) is 17.3 Å². The van der Waals surface area contributed by atoms with E-state index in [-0.39, 0.29) is 13.1 Å². The molecule has 0 aliphatic carbocycles. The Morgan fingerprint density at radius 1 is 1.38 bits per heavy atom. The zero-order chi connectivity index (χ0) is 19.3. The van der Waals surface area contributed by atoms with E-state index in [2.05, 4.69) is 15.6 Å². The summed E-state index contributed by atoms with van der Waals surface area (Å²) in [6, 6.07) is 4.31. The van der Waals surface area contributed by atoms with Gasteiger partial charge in [-0.25, -0.2) is 4.98 Å². The third kappa shape index (κ3) is 5.07. The predicted molar refractivity (Wildman–Crippen MR) is 97.9 cm³/mol. The number of hydrogen-bond donors (Lipinski definition) is 3. The maximum Gasteiger partial charge on any atom is 0.245 e. The number of benzene rings is 1. The van der Waals surface area contributed by atoms with Gasteiger partial charge in [-0.3, -0.25) is 19.2 Å². The number of carbonyl (C=O) groups excluding carboxylic acids is 4. The van der Waals surface area contributed by atoms with Crippen LogP contribution in [-0.2, 0) is 14.4 Å². The largest absolute Gasteiger partial charge is 0.346 e. The zero-order valence-electron chi connectivity index (χ0n) is 14.3. The van der Waals surface area contributed by atoms with Crippen LogP contribution in [0.3, 0.4) is 0 Å². The van der Waals surface area contributed by atoms with E-state index in [4.69, 9.17) is 5.73 Å². The molecular formula is C16H19N5O4S. The molecule has 1 aromatic carbocycles. The summed E-state index contributed by atoms with van der Waals surface area (Å²) in [4.78, 5) is 51.6. The number of aldehydes is 1. The second kappa shape index (κ2) is 8.50. The minimum atomic E-state index is -0.713. The Bertz CT molecular complexity index is 848. The molecule has 1 aromatic heterocycles. The molecule has 0 aliphatic heterocycles. The monoisotopic (exact) mass is 377 g/mol. The highest BCUT2D eigenvalue weighted by Gasteiger charge is 2.16. The number of thiazole rings is 1. The quantitative estimate of drug-likeness (QED) is 0.580. The van der Waals surface area contributed by atoms with Gasteiger partial charge in [0, 0.05) is 12.6 Å². The van der Waals surface area contributed by atoms with Crippen LogP contribution in [0.5, 0.6) is 0 Å². The molecule has 1 unspecified atom stereocenters. The molecule has 2 aromatic rings. The van der Waals surface area contributed by atoms with E-state index in [1.807, 2.05) is 0 Å². The number of amides is 3. The highest BCUT2D eigenvalue weighted by molar-refractivity contribution is 7.22. The van der Waals surface area contributed by atoms with E-state index in [0.717, 1.165) is 11.0 Å². The van der Waals surface area contributed by atoms with Gasteiger partial charge in [0.2, 0.25) is 17.7 Å². The molecule has 0 saturated carbocycles. The molecule has 3 amide bonds. The SMILES string of the molecule is CC(N)C(=O)NCC(=O)N(C)CC(=O)Nc1nc2ccc(C=O)cc2s1. The average Bonchev–Trinajstić information content (AvgIpc) is 2.99. The summed E-state index contributed by atoms with van der Waals surface area (Å²) in [5.74, 6) is -1.29. The second-order valence-corrected chi connectivity index (χ2v) is 6.70. The first-order valence-electron chi connectivity index (χ1n) is 7.73. The molecule has 1 atom stereocenters. The number of carbonyl (C=O) groups is 4. The van der Waals surface area contributed by atoms with Crippen LogP contribution in [0.2, 0.25) is 0 Å². The summed E-state index contributed by atoms with van der Waals surface area (Å²) in [6.45, 7) is 1.08. The molecule has 26 heavy (non-hydrogen) atoms. The maximum absolute atomic E-state index is 12.1. The third-order valence-electron chi connectivity index (χ3n) is 3.43. The molecule has 0 radical (unpaired) electrons. The van der Waals surface area contributed by atoms with Crippen LogP contribution in [0.4, 0.5) is 5.13 Å². The Labute approximate surface area is 153 Å².